The molecule has 0 bridgehead atoms. The summed E-state index contributed by atoms with van der Waals surface area (Å²) in [6.07, 6.45) is 6.31. The molecule has 0 radical (unpaired) electrons. The second-order valence-electron chi connectivity index (χ2n) is 8.64. The minimum atomic E-state index is -0.644. The van der Waals surface area contributed by atoms with Gasteiger partial charge in [0.25, 0.3) is 5.91 Å². The van der Waals surface area contributed by atoms with Crippen LogP contribution in [-0.4, -0.2) is 80.8 Å². The molecule has 1 spiro atoms. The molecule has 162 valence electrons. The Kier molecular flexibility index (Phi) is 5.40. The van der Waals surface area contributed by atoms with Crippen LogP contribution in [0.3, 0.4) is 0 Å². The zero-order chi connectivity index (χ0) is 21.5. The van der Waals surface area contributed by atoms with E-state index in [1.165, 1.54) is 0 Å². The average Bonchev–Trinajstić information content (AvgIpc) is 3.49. The van der Waals surface area contributed by atoms with Crippen molar-refractivity contribution in [2.24, 2.45) is 12.5 Å². The third kappa shape index (κ3) is 3.40. The van der Waals surface area contributed by atoms with E-state index in [2.05, 4.69) is 23.9 Å². The monoisotopic (exact) mass is 414 g/mol. The van der Waals surface area contributed by atoms with E-state index in [0.29, 0.717) is 44.9 Å². The highest BCUT2D eigenvalue weighted by molar-refractivity contribution is 5.94. The molecule has 2 aromatic heterocycles. The lowest BCUT2D eigenvalue weighted by Crippen LogP contribution is -2.41. The summed E-state index contributed by atoms with van der Waals surface area (Å²) in [6, 6.07) is 2.00. The lowest BCUT2D eigenvalue weighted by atomic mass is 9.75. The fourth-order valence-electron chi connectivity index (χ4n) is 4.69. The van der Waals surface area contributed by atoms with Crippen LogP contribution >= 0.6 is 0 Å². The van der Waals surface area contributed by atoms with Crippen molar-refractivity contribution in [3.05, 3.63) is 36.2 Å². The summed E-state index contributed by atoms with van der Waals surface area (Å²) < 4.78 is 8.85. The number of methoxy groups -OCH3 is 1. The van der Waals surface area contributed by atoms with Crippen molar-refractivity contribution in [1.29, 1.82) is 0 Å². The zero-order valence-corrected chi connectivity index (χ0v) is 18.1. The number of ether oxygens (including phenoxy) is 1. The summed E-state index contributed by atoms with van der Waals surface area (Å²) >= 11 is 0. The first-order valence-corrected chi connectivity index (χ1v) is 10.5. The predicted molar refractivity (Wildman–Crippen MR) is 110 cm³/mol. The van der Waals surface area contributed by atoms with E-state index in [1.54, 1.807) is 36.0 Å². The number of hydrogen-bond acceptors (Lipinski definition) is 5. The van der Waals surface area contributed by atoms with Gasteiger partial charge in [0.05, 0.1) is 24.0 Å². The molecule has 0 N–H and O–H groups in total. The topological polar surface area (TPSA) is 85.5 Å². The van der Waals surface area contributed by atoms with Crippen molar-refractivity contribution in [2.45, 2.75) is 32.2 Å². The first kappa shape index (κ1) is 20.6. The Morgan fingerprint density at radius 2 is 2.20 bits per heavy atom. The van der Waals surface area contributed by atoms with Gasteiger partial charge < -0.3 is 19.1 Å². The molecule has 2 aliphatic heterocycles. The Bertz CT molecular complexity index is 935. The Hall–Kier alpha value is -2.68. The highest BCUT2D eigenvalue weighted by atomic mass is 16.5. The lowest BCUT2D eigenvalue weighted by molar-refractivity contribution is -0.136. The van der Waals surface area contributed by atoms with E-state index < -0.39 is 5.41 Å². The largest absolute Gasteiger partial charge is 0.383 e. The highest BCUT2D eigenvalue weighted by Gasteiger charge is 2.58. The molecule has 4 heterocycles. The van der Waals surface area contributed by atoms with Crippen LogP contribution in [0.15, 0.2) is 24.8 Å². The summed E-state index contributed by atoms with van der Waals surface area (Å²) in [4.78, 5) is 35.0. The number of rotatable bonds is 6. The van der Waals surface area contributed by atoms with Crippen LogP contribution in [0.2, 0.25) is 0 Å². The normalized spacial score (nSPS) is 24.0. The first-order chi connectivity index (χ1) is 14.4. The number of aryl methyl sites for hydroxylation is 1. The molecule has 2 atom stereocenters. The lowest BCUT2D eigenvalue weighted by Gasteiger charge is -2.27. The summed E-state index contributed by atoms with van der Waals surface area (Å²) in [7, 11) is 3.43. The second-order valence-corrected chi connectivity index (χ2v) is 8.64. The fraction of sp³-hybridized carbons (Fsp3) is 0.619. The van der Waals surface area contributed by atoms with Gasteiger partial charge in [0.1, 0.15) is 5.69 Å². The van der Waals surface area contributed by atoms with Gasteiger partial charge in [-0.3, -0.25) is 14.3 Å². The minimum Gasteiger partial charge on any atom is -0.383 e. The van der Waals surface area contributed by atoms with Crippen molar-refractivity contribution in [3.8, 4) is 0 Å². The molecular weight excluding hydrogens is 384 g/mol. The predicted octanol–water partition coefficient (Wildman–Crippen LogP) is 1.30. The van der Waals surface area contributed by atoms with Crippen LogP contribution in [0, 0.1) is 5.41 Å². The van der Waals surface area contributed by atoms with Gasteiger partial charge in [0, 0.05) is 64.7 Å². The highest BCUT2D eigenvalue weighted by Crippen LogP contribution is 2.49. The van der Waals surface area contributed by atoms with Crippen LogP contribution in [0.4, 0.5) is 0 Å². The quantitative estimate of drug-likeness (QED) is 0.711. The molecule has 0 saturated carbocycles. The van der Waals surface area contributed by atoms with Gasteiger partial charge in [-0.15, -0.1) is 0 Å². The maximum Gasteiger partial charge on any atom is 0.274 e. The Balaban J connectivity index is 1.66. The summed E-state index contributed by atoms with van der Waals surface area (Å²) in [6.45, 7) is 6.80. The SMILES string of the molecule is COCCN1CC[C@]2(CN(C(=O)c3ccn(C)n3)C[C@@H]2c2cn(C(C)C)cn2)C1=O. The van der Waals surface area contributed by atoms with Crippen molar-refractivity contribution >= 4 is 11.8 Å². The average molecular weight is 415 g/mol. The third-order valence-corrected chi connectivity index (χ3v) is 6.44. The van der Waals surface area contributed by atoms with Crippen LogP contribution in [0.5, 0.6) is 0 Å². The standard InChI is InChI=1S/C21H30N6O3/c1-15(2)27-12-18(22-14-27)16-11-26(19(28)17-5-7-24(3)23-17)13-21(16)6-8-25(20(21)29)9-10-30-4/h5,7,12,14-16H,6,8-11,13H2,1-4H3/t16-,21-/m1/s1. The van der Waals surface area contributed by atoms with Gasteiger partial charge in [-0.05, 0) is 26.3 Å². The molecule has 2 saturated heterocycles. The molecule has 30 heavy (non-hydrogen) atoms. The van der Waals surface area contributed by atoms with Gasteiger partial charge in [-0.25, -0.2) is 4.98 Å². The van der Waals surface area contributed by atoms with Gasteiger partial charge in [0.15, 0.2) is 0 Å². The zero-order valence-electron chi connectivity index (χ0n) is 18.1. The molecule has 9 nitrogen and oxygen atoms in total. The van der Waals surface area contributed by atoms with E-state index in [0.717, 1.165) is 5.69 Å². The fourth-order valence-corrected chi connectivity index (χ4v) is 4.69. The minimum absolute atomic E-state index is 0.0972. The molecule has 2 amide bonds. The molecule has 0 aromatic carbocycles. The third-order valence-electron chi connectivity index (χ3n) is 6.44. The smallest absolute Gasteiger partial charge is 0.274 e. The molecule has 0 aliphatic carbocycles. The van der Waals surface area contributed by atoms with Crippen molar-refractivity contribution in [1.82, 2.24) is 29.1 Å². The molecule has 2 aliphatic rings. The molecule has 2 fully saturated rings. The molecule has 9 heteroatoms. The summed E-state index contributed by atoms with van der Waals surface area (Å²) in [5.41, 5.74) is 0.638. The van der Waals surface area contributed by atoms with Crippen LogP contribution in [-0.2, 0) is 16.6 Å². The summed E-state index contributed by atoms with van der Waals surface area (Å²) in [5, 5.41) is 4.26. The Morgan fingerprint density at radius 3 is 2.83 bits per heavy atom. The van der Waals surface area contributed by atoms with E-state index in [-0.39, 0.29) is 23.8 Å². The molecule has 0 unspecified atom stereocenters. The van der Waals surface area contributed by atoms with Crippen molar-refractivity contribution in [3.63, 3.8) is 0 Å². The van der Waals surface area contributed by atoms with Gasteiger partial charge in [-0.2, -0.15) is 5.10 Å². The molecule has 4 rings (SSSR count). The number of amides is 2. The maximum atomic E-state index is 13.5. The Morgan fingerprint density at radius 1 is 1.40 bits per heavy atom. The van der Waals surface area contributed by atoms with E-state index >= 15 is 0 Å². The molecule has 2 aromatic rings. The van der Waals surface area contributed by atoms with Crippen molar-refractivity contribution < 1.29 is 14.3 Å². The van der Waals surface area contributed by atoms with E-state index in [4.69, 9.17) is 4.74 Å². The number of carbonyl (C=O) groups is 2. The van der Waals surface area contributed by atoms with Crippen LogP contribution in [0.1, 0.15) is 48.4 Å². The second kappa shape index (κ2) is 7.86. The van der Waals surface area contributed by atoms with Crippen LogP contribution < -0.4 is 0 Å². The van der Waals surface area contributed by atoms with Crippen LogP contribution in [0.25, 0.3) is 0 Å². The Labute approximate surface area is 176 Å². The summed E-state index contributed by atoms with van der Waals surface area (Å²) in [5.74, 6) is -0.172. The first-order valence-electron chi connectivity index (χ1n) is 10.5. The van der Waals surface area contributed by atoms with Gasteiger partial charge in [0.2, 0.25) is 5.91 Å². The van der Waals surface area contributed by atoms with Gasteiger partial charge in [-0.1, -0.05) is 0 Å². The maximum absolute atomic E-state index is 13.5. The van der Waals surface area contributed by atoms with E-state index in [1.807, 2.05) is 22.0 Å². The number of nitrogens with zero attached hydrogens (tertiary/aromatic N) is 6. The van der Waals surface area contributed by atoms with Crippen molar-refractivity contribution in [2.75, 3.05) is 39.9 Å². The number of imidazole rings is 1. The van der Waals surface area contributed by atoms with E-state index in [9.17, 15) is 9.59 Å². The number of hydrogen-bond donors (Lipinski definition) is 0. The number of aromatic nitrogens is 4. The number of carbonyl (C=O) groups excluding carboxylic acids is 2. The van der Waals surface area contributed by atoms with Gasteiger partial charge >= 0.3 is 0 Å². The number of likely N-dealkylation sites (tertiary alicyclic amines) is 2. The molecular formula is C21H30N6O3.